The van der Waals surface area contributed by atoms with Gasteiger partial charge in [0.05, 0.1) is 0 Å². The van der Waals surface area contributed by atoms with Crippen LogP contribution in [0.4, 0.5) is 52.7 Å². The topological polar surface area (TPSA) is 76.1 Å². The molecule has 2 unspecified atom stereocenters. The van der Waals surface area contributed by atoms with Gasteiger partial charge in [-0.15, -0.1) is 0 Å². The number of aliphatic hydroxyl groups is 1. The molecule has 0 radical (unpaired) electrons. The molecule has 0 aromatic heterocycles. The maximum atomic E-state index is 12.7. The molecule has 0 aliphatic carbocycles. The van der Waals surface area contributed by atoms with E-state index >= 15 is 0 Å². The second-order valence-corrected chi connectivity index (χ2v) is 18.5. The summed E-state index contributed by atoms with van der Waals surface area (Å²) in [5.74, 6) is -0.701. The van der Waals surface area contributed by atoms with Gasteiger partial charge in [0.2, 0.25) is 0 Å². The standard InChI is InChI=1S/C49H85F12NO5/c50-46(51,52)34-20-7-1-3-14-28-42(30-16-11-22-36-48(56,57)58)66-44(64)32-18-5-9-24-38-62(40-26-13-27-41-63)39-25-10-6-19-33-45(65)67-43(31-17-12-23-37-49(59,60)61)29-15-4-2-8-21-35-47(53,54)55/h42-43,63H,1-41H2. The molecule has 1 N–H and O–H groups in total. The Labute approximate surface area is 393 Å². The smallest absolute Gasteiger partial charge is 0.389 e. The maximum absolute atomic E-state index is 12.7. The van der Waals surface area contributed by atoms with Crippen LogP contribution in [0.2, 0.25) is 0 Å². The summed E-state index contributed by atoms with van der Waals surface area (Å²) in [4.78, 5) is 27.9. The first kappa shape index (κ1) is 65.0. The predicted octanol–water partition coefficient (Wildman–Crippen LogP) is 16.8. The molecule has 0 aliphatic rings. The van der Waals surface area contributed by atoms with Gasteiger partial charge < -0.3 is 19.5 Å². The van der Waals surface area contributed by atoms with Gasteiger partial charge in [-0.3, -0.25) is 9.59 Å². The van der Waals surface area contributed by atoms with Crippen LogP contribution in [0.3, 0.4) is 0 Å². The summed E-state index contributed by atoms with van der Waals surface area (Å²) in [6.07, 6.45) is -2.78. The average molecular weight is 996 g/mol. The molecule has 0 aromatic rings. The first-order valence-corrected chi connectivity index (χ1v) is 25.6. The zero-order valence-corrected chi connectivity index (χ0v) is 40.2. The molecule has 2 atom stereocenters. The molecule has 0 fully saturated rings. The van der Waals surface area contributed by atoms with E-state index in [1.54, 1.807) is 0 Å². The first-order valence-electron chi connectivity index (χ1n) is 25.6. The highest BCUT2D eigenvalue weighted by molar-refractivity contribution is 5.69. The van der Waals surface area contributed by atoms with Gasteiger partial charge in [-0.05, 0) is 142 Å². The Kier molecular flexibility index (Phi) is 38.5. The molecular weight excluding hydrogens is 911 g/mol. The number of unbranched alkanes of at least 4 members (excludes halogenated alkanes) is 20. The van der Waals surface area contributed by atoms with Crippen LogP contribution in [0.25, 0.3) is 0 Å². The fourth-order valence-electron chi connectivity index (χ4n) is 8.09. The summed E-state index contributed by atoms with van der Waals surface area (Å²) in [7, 11) is 0. The van der Waals surface area contributed by atoms with E-state index in [1.807, 2.05) is 0 Å². The van der Waals surface area contributed by atoms with Gasteiger partial charge in [-0.2, -0.15) is 52.7 Å². The number of nitrogens with zero attached hydrogens (tertiary/aromatic N) is 1. The Morgan fingerprint density at radius 2 is 0.582 bits per heavy atom. The normalized spacial score (nSPS) is 13.6. The lowest BCUT2D eigenvalue weighted by atomic mass is 10.0. The minimum absolute atomic E-state index is 0.00328. The van der Waals surface area contributed by atoms with Crippen molar-refractivity contribution >= 4 is 11.9 Å². The number of hydrogen-bond acceptors (Lipinski definition) is 6. The van der Waals surface area contributed by atoms with E-state index in [2.05, 4.69) is 4.90 Å². The number of carbonyl (C=O) groups is 2. The molecule has 400 valence electrons. The number of ether oxygens (including phenoxy) is 2. The summed E-state index contributed by atoms with van der Waals surface area (Å²) in [6, 6.07) is 0. The van der Waals surface area contributed by atoms with E-state index in [4.69, 9.17) is 9.47 Å². The molecule has 0 saturated carbocycles. The summed E-state index contributed by atoms with van der Waals surface area (Å²) in [6.45, 7) is 2.76. The third-order valence-electron chi connectivity index (χ3n) is 11.9. The van der Waals surface area contributed by atoms with Gasteiger partial charge in [-0.1, -0.05) is 77.0 Å². The SMILES string of the molecule is O=C(CCCCCCN(CCCCCO)CCCCCCC(=O)OC(CCCCCCCC(F)(F)F)CCCCCC(F)(F)F)OC(CCCCCCCC(F)(F)F)CCCCCC(F)(F)F. The molecule has 0 aliphatic heterocycles. The minimum Gasteiger partial charge on any atom is -0.462 e. The molecule has 0 rings (SSSR count). The monoisotopic (exact) mass is 996 g/mol. The van der Waals surface area contributed by atoms with Crippen molar-refractivity contribution in [2.45, 2.75) is 274 Å². The Morgan fingerprint density at radius 1 is 0.343 bits per heavy atom. The fraction of sp³-hybridized carbons (Fsp3) is 0.959. The summed E-state index contributed by atoms with van der Waals surface area (Å²) < 4.78 is 161. The van der Waals surface area contributed by atoms with E-state index in [9.17, 15) is 67.4 Å². The second-order valence-electron chi connectivity index (χ2n) is 18.5. The molecule has 0 spiro atoms. The molecule has 18 heteroatoms. The first-order chi connectivity index (χ1) is 31.6. The Bertz CT molecular complexity index is 1090. The van der Waals surface area contributed by atoms with E-state index in [0.717, 1.165) is 77.4 Å². The molecule has 0 heterocycles. The molecule has 0 amide bonds. The van der Waals surface area contributed by atoms with E-state index < -0.39 is 62.6 Å². The Hall–Kier alpha value is -1.98. The van der Waals surface area contributed by atoms with Crippen LogP contribution in [-0.4, -0.2) is 85.1 Å². The Balaban J connectivity index is 4.70. The van der Waals surface area contributed by atoms with Crippen LogP contribution in [0.1, 0.15) is 238 Å². The van der Waals surface area contributed by atoms with Gasteiger partial charge in [-0.25, -0.2) is 0 Å². The maximum Gasteiger partial charge on any atom is 0.389 e. The van der Waals surface area contributed by atoms with Crippen molar-refractivity contribution in [3.63, 3.8) is 0 Å². The van der Waals surface area contributed by atoms with Crippen LogP contribution < -0.4 is 0 Å². The largest absolute Gasteiger partial charge is 0.462 e. The Morgan fingerprint density at radius 3 is 0.881 bits per heavy atom. The lowest BCUT2D eigenvalue weighted by Crippen LogP contribution is -2.27. The number of rotatable bonds is 45. The van der Waals surface area contributed by atoms with E-state index in [1.165, 1.54) is 0 Å². The number of esters is 2. The minimum atomic E-state index is -4.22. The third kappa shape index (κ3) is 50.2. The highest BCUT2D eigenvalue weighted by Crippen LogP contribution is 2.27. The van der Waals surface area contributed by atoms with Crippen molar-refractivity contribution < 1.29 is 76.9 Å². The molecule has 0 aromatic carbocycles. The van der Waals surface area contributed by atoms with Gasteiger partial charge in [0.15, 0.2) is 0 Å². The predicted molar refractivity (Wildman–Crippen MR) is 238 cm³/mol. The highest BCUT2D eigenvalue weighted by Gasteiger charge is 2.28. The van der Waals surface area contributed by atoms with Crippen molar-refractivity contribution in [3.05, 3.63) is 0 Å². The van der Waals surface area contributed by atoms with E-state index in [0.29, 0.717) is 116 Å². The average Bonchev–Trinajstić information content (AvgIpc) is 3.21. The van der Waals surface area contributed by atoms with Crippen LogP contribution in [0.5, 0.6) is 0 Å². The van der Waals surface area contributed by atoms with Gasteiger partial charge in [0.25, 0.3) is 0 Å². The number of halogens is 12. The lowest BCUT2D eigenvalue weighted by Gasteiger charge is -2.22. The van der Waals surface area contributed by atoms with Gasteiger partial charge >= 0.3 is 36.6 Å². The molecule has 0 saturated heterocycles. The lowest BCUT2D eigenvalue weighted by molar-refractivity contribution is -0.151. The van der Waals surface area contributed by atoms with Crippen molar-refractivity contribution in [2.24, 2.45) is 0 Å². The number of aliphatic hydroxyl groups excluding tert-OH is 1. The third-order valence-corrected chi connectivity index (χ3v) is 11.9. The van der Waals surface area contributed by atoms with Crippen molar-refractivity contribution in [2.75, 3.05) is 26.2 Å². The number of carbonyl (C=O) groups excluding carboxylic acids is 2. The number of hydrogen-bond donors (Lipinski definition) is 1. The summed E-state index contributed by atoms with van der Waals surface area (Å²) >= 11 is 0. The molecule has 6 nitrogen and oxygen atoms in total. The molecule has 67 heavy (non-hydrogen) atoms. The zero-order valence-electron chi connectivity index (χ0n) is 40.2. The zero-order chi connectivity index (χ0) is 50.3. The fourth-order valence-corrected chi connectivity index (χ4v) is 8.09. The molecular formula is C49H85F12NO5. The van der Waals surface area contributed by atoms with Crippen molar-refractivity contribution in [1.82, 2.24) is 4.90 Å². The van der Waals surface area contributed by atoms with Crippen molar-refractivity contribution in [3.8, 4) is 0 Å². The quantitative estimate of drug-likeness (QED) is 0.0372. The summed E-state index contributed by atoms with van der Waals surface area (Å²) in [5, 5.41) is 9.20. The van der Waals surface area contributed by atoms with Crippen LogP contribution in [-0.2, 0) is 19.1 Å². The van der Waals surface area contributed by atoms with Gasteiger partial charge in [0.1, 0.15) is 12.2 Å². The number of alkyl halides is 12. The van der Waals surface area contributed by atoms with E-state index in [-0.39, 0.29) is 57.1 Å². The summed E-state index contributed by atoms with van der Waals surface area (Å²) in [5.41, 5.74) is 0. The highest BCUT2D eigenvalue weighted by atomic mass is 19.4. The van der Waals surface area contributed by atoms with Crippen LogP contribution in [0.15, 0.2) is 0 Å². The van der Waals surface area contributed by atoms with Crippen LogP contribution >= 0.6 is 0 Å². The van der Waals surface area contributed by atoms with Crippen molar-refractivity contribution in [1.29, 1.82) is 0 Å². The van der Waals surface area contributed by atoms with Crippen LogP contribution in [0, 0.1) is 0 Å². The molecule has 0 bridgehead atoms. The second kappa shape index (κ2) is 39.7. The van der Waals surface area contributed by atoms with Gasteiger partial charge in [0, 0.05) is 45.1 Å².